The van der Waals surface area contributed by atoms with Crippen molar-refractivity contribution in [2.75, 3.05) is 10.6 Å². The van der Waals surface area contributed by atoms with Crippen molar-refractivity contribution in [1.29, 1.82) is 5.26 Å². The van der Waals surface area contributed by atoms with Gasteiger partial charge in [-0.15, -0.1) is 0 Å². The van der Waals surface area contributed by atoms with Crippen LogP contribution >= 0.6 is 0 Å². The Labute approximate surface area is 75.8 Å². The lowest BCUT2D eigenvalue weighted by atomic mass is 10.5. The Morgan fingerprint density at radius 3 is 2.85 bits per heavy atom. The molecule has 1 fully saturated rings. The molecule has 5 nitrogen and oxygen atoms in total. The average Bonchev–Trinajstić information content (AvgIpc) is 2.90. The third-order valence-corrected chi connectivity index (χ3v) is 1.78. The van der Waals surface area contributed by atoms with Gasteiger partial charge in [-0.25, -0.2) is 9.97 Å². The van der Waals surface area contributed by atoms with Crippen LogP contribution in [-0.4, -0.2) is 16.0 Å². The van der Waals surface area contributed by atoms with Gasteiger partial charge in [0.15, 0.2) is 6.19 Å². The van der Waals surface area contributed by atoms with Crippen LogP contribution in [0.2, 0.25) is 0 Å². The highest BCUT2D eigenvalue weighted by Gasteiger charge is 2.21. The van der Waals surface area contributed by atoms with E-state index in [1.807, 2.05) is 6.19 Å². The molecule has 1 aromatic rings. The molecule has 0 saturated heterocycles. The summed E-state index contributed by atoms with van der Waals surface area (Å²) in [4.78, 5) is 7.90. The molecule has 0 radical (unpaired) electrons. The molecule has 1 heterocycles. The zero-order valence-electron chi connectivity index (χ0n) is 6.99. The molecule has 13 heavy (non-hydrogen) atoms. The Kier molecular flexibility index (Phi) is 1.96. The molecule has 0 atom stereocenters. The van der Waals surface area contributed by atoms with E-state index in [-0.39, 0.29) is 0 Å². The lowest BCUT2D eigenvalue weighted by Crippen LogP contribution is -2.04. The van der Waals surface area contributed by atoms with E-state index in [9.17, 15) is 0 Å². The van der Waals surface area contributed by atoms with Gasteiger partial charge < -0.3 is 5.32 Å². The highest BCUT2D eigenvalue weighted by atomic mass is 15.1. The molecule has 1 aliphatic rings. The van der Waals surface area contributed by atoms with Crippen LogP contribution in [0, 0.1) is 11.5 Å². The molecule has 66 valence electrons. The van der Waals surface area contributed by atoms with Gasteiger partial charge in [-0.05, 0) is 12.8 Å². The largest absolute Gasteiger partial charge is 0.367 e. The van der Waals surface area contributed by atoms with Crippen LogP contribution in [0.4, 0.5) is 11.6 Å². The molecule has 0 aliphatic heterocycles. The zero-order chi connectivity index (χ0) is 9.10. The van der Waals surface area contributed by atoms with Crippen molar-refractivity contribution >= 4 is 11.6 Å². The number of rotatable bonds is 3. The van der Waals surface area contributed by atoms with E-state index in [4.69, 9.17) is 5.26 Å². The second-order valence-corrected chi connectivity index (χ2v) is 2.94. The van der Waals surface area contributed by atoms with Crippen LogP contribution in [0.3, 0.4) is 0 Å². The van der Waals surface area contributed by atoms with Gasteiger partial charge in [0.2, 0.25) is 0 Å². The van der Waals surface area contributed by atoms with Crippen LogP contribution in [-0.2, 0) is 0 Å². The fourth-order valence-electron chi connectivity index (χ4n) is 0.999. The summed E-state index contributed by atoms with van der Waals surface area (Å²) in [6.45, 7) is 0. The molecule has 2 rings (SSSR count). The average molecular weight is 175 g/mol. The predicted octanol–water partition coefficient (Wildman–Crippen LogP) is 0.944. The van der Waals surface area contributed by atoms with Crippen LogP contribution in [0.15, 0.2) is 12.4 Å². The highest BCUT2D eigenvalue weighted by Crippen LogP contribution is 2.23. The van der Waals surface area contributed by atoms with Crippen LogP contribution < -0.4 is 10.6 Å². The first-order valence-electron chi connectivity index (χ1n) is 4.12. The maximum absolute atomic E-state index is 8.36. The number of aromatic nitrogens is 2. The molecule has 0 amide bonds. The minimum atomic E-state index is 0.528. The summed E-state index contributed by atoms with van der Waals surface area (Å²) in [6.07, 6.45) is 5.65. The van der Waals surface area contributed by atoms with Gasteiger partial charge >= 0.3 is 0 Å². The molecule has 5 heteroatoms. The first kappa shape index (κ1) is 7.80. The number of hydrogen-bond donors (Lipinski definition) is 2. The van der Waals surface area contributed by atoms with E-state index in [1.165, 1.54) is 19.2 Å². The molecule has 1 saturated carbocycles. The maximum atomic E-state index is 8.36. The van der Waals surface area contributed by atoms with Crippen molar-refractivity contribution < 1.29 is 0 Å². The van der Waals surface area contributed by atoms with Gasteiger partial charge in [0.25, 0.3) is 0 Å². The Morgan fingerprint density at radius 2 is 2.15 bits per heavy atom. The smallest absolute Gasteiger partial charge is 0.182 e. The highest BCUT2D eigenvalue weighted by molar-refractivity contribution is 5.49. The molecule has 0 aromatic carbocycles. The first-order chi connectivity index (χ1) is 6.38. The molecule has 1 aromatic heterocycles. The third kappa shape index (κ3) is 2.06. The van der Waals surface area contributed by atoms with Crippen LogP contribution in [0.5, 0.6) is 0 Å². The maximum Gasteiger partial charge on any atom is 0.182 e. The van der Waals surface area contributed by atoms with E-state index in [2.05, 4.69) is 20.6 Å². The number of anilines is 2. The lowest BCUT2D eigenvalue weighted by molar-refractivity contribution is 1.08. The van der Waals surface area contributed by atoms with Crippen molar-refractivity contribution in [2.24, 2.45) is 0 Å². The van der Waals surface area contributed by atoms with Crippen molar-refractivity contribution in [3.63, 3.8) is 0 Å². The summed E-state index contributed by atoms with van der Waals surface area (Å²) in [5.74, 6) is 1.30. The lowest BCUT2D eigenvalue weighted by Gasteiger charge is -2.03. The molecule has 1 aliphatic carbocycles. The number of nitriles is 1. The van der Waals surface area contributed by atoms with Crippen molar-refractivity contribution in [3.05, 3.63) is 12.4 Å². The monoisotopic (exact) mass is 175 g/mol. The Balaban J connectivity index is 2.07. The summed E-state index contributed by atoms with van der Waals surface area (Å²) in [5.41, 5.74) is 0. The van der Waals surface area contributed by atoms with E-state index in [0.717, 1.165) is 5.82 Å². The van der Waals surface area contributed by atoms with Crippen LogP contribution in [0.25, 0.3) is 0 Å². The minimum absolute atomic E-state index is 0.528. The minimum Gasteiger partial charge on any atom is -0.367 e. The first-order valence-corrected chi connectivity index (χ1v) is 4.12. The molecule has 0 unspecified atom stereocenters. The second kappa shape index (κ2) is 3.27. The van der Waals surface area contributed by atoms with Crippen LogP contribution in [0.1, 0.15) is 12.8 Å². The predicted molar refractivity (Wildman–Crippen MR) is 47.9 cm³/mol. The Bertz CT molecular complexity index is 339. The quantitative estimate of drug-likeness (QED) is 0.528. The van der Waals surface area contributed by atoms with Gasteiger partial charge in [0.1, 0.15) is 18.0 Å². The molecular weight excluding hydrogens is 166 g/mol. The van der Waals surface area contributed by atoms with Gasteiger partial charge in [-0.2, -0.15) is 5.26 Å². The standard InChI is InChI=1S/C8H9N5/c9-4-10-7-3-8(12-5-11-7)13-6-1-2-6/h3,5-6H,1-2H2,(H2,10,11,12,13). The van der Waals surface area contributed by atoms with E-state index < -0.39 is 0 Å². The van der Waals surface area contributed by atoms with Crippen molar-refractivity contribution in [3.8, 4) is 6.19 Å². The fraction of sp³-hybridized carbons (Fsp3) is 0.375. The molecule has 2 N–H and O–H groups in total. The SMILES string of the molecule is N#CNc1cc(NC2CC2)ncn1. The van der Waals surface area contributed by atoms with E-state index >= 15 is 0 Å². The van der Waals surface area contributed by atoms with E-state index in [1.54, 1.807) is 6.07 Å². The Morgan fingerprint density at radius 1 is 1.38 bits per heavy atom. The summed E-state index contributed by atoms with van der Waals surface area (Å²) in [5, 5.41) is 14.0. The topological polar surface area (TPSA) is 73.6 Å². The number of nitrogens with one attached hydrogen (secondary N) is 2. The zero-order valence-corrected chi connectivity index (χ0v) is 6.99. The van der Waals surface area contributed by atoms with Gasteiger partial charge in [-0.1, -0.05) is 0 Å². The Hall–Kier alpha value is -1.83. The number of nitrogens with zero attached hydrogens (tertiary/aromatic N) is 3. The van der Waals surface area contributed by atoms with Gasteiger partial charge in [-0.3, -0.25) is 5.32 Å². The summed E-state index contributed by atoms with van der Waals surface area (Å²) in [7, 11) is 0. The normalized spacial score (nSPS) is 14.7. The third-order valence-electron chi connectivity index (χ3n) is 1.78. The second-order valence-electron chi connectivity index (χ2n) is 2.94. The van der Waals surface area contributed by atoms with Gasteiger partial charge in [0, 0.05) is 12.1 Å². The summed E-state index contributed by atoms with van der Waals surface area (Å²) >= 11 is 0. The molecule has 0 bridgehead atoms. The van der Waals surface area contributed by atoms with E-state index in [0.29, 0.717) is 11.9 Å². The summed E-state index contributed by atoms with van der Waals surface area (Å²) < 4.78 is 0. The fourth-order valence-corrected chi connectivity index (χ4v) is 0.999. The molecular formula is C8H9N5. The number of hydrogen-bond acceptors (Lipinski definition) is 5. The van der Waals surface area contributed by atoms with Gasteiger partial charge in [0.05, 0.1) is 0 Å². The van der Waals surface area contributed by atoms with Crippen molar-refractivity contribution in [2.45, 2.75) is 18.9 Å². The van der Waals surface area contributed by atoms with Crippen molar-refractivity contribution in [1.82, 2.24) is 9.97 Å². The summed E-state index contributed by atoms with van der Waals surface area (Å²) in [6, 6.07) is 2.28. The molecule has 0 spiro atoms.